The Kier molecular flexibility index (Phi) is 3.62. The van der Waals surface area contributed by atoms with Gasteiger partial charge in [0, 0.05) is 0 Å². The first-order valence-electron chi connectivity index (χ1n) is 5.49. The summed E-state index contributed by atoms with van der Waals surface area (Å²) in [7, 11) is 0. The summed E-state index contributed by atoms with van der Waals surface area (Å²) in [6, 6.07) is 8.55. The van der Waals surface area contributed by atoms with Crippen molar-refractivity contribution in [2.45, 2.75) is 12.6 Å². The van der Waals surface area contributed by atoms with Crippen molar-refractivity contribution in [2.75, 3.05) is 6.73 Å². The molecule has 94 valence electrons. The van der Waals surface area contributed by atoms with Gasteiger partial charge in [0.25, 0.3) is 0 Å². The van der Waals surface area contributed by atoms with Crippen LogP contribution in [0.4, 0.5) is 4.79 Å². The number of amides is 1. The van der Waals surface area contributed by atoms with Gasteiger partial charge in [0.1, 0.15) is 6.61 Å². The molecule has 0 N–H and O–H groups in total. The molecular weight excluding hydrogens is 234 g/mol. The highest BCUT2D eigenvalue weighted by molar-refractivity contribution is 5.85. The molecule has 1 atom stereocenters. The van der Waals surface area contributed by atoms with E-state index in [1.807, 2.05) is 30.3 Å². The maximum Gasteiger partial charge on any atom is 0.413 e. The largest absolute Gasteiger partial charge is 0.444 e. The molecule has 1 heterocycles. The van der Waals surface area contributed by atoms with E-state index in [0.29, 0.717) is 0 Å². The highest BCUT2D eigenvalue weighted by atomic mass is 16.6. The van der Waals surface area contributed by atoms with E-state index in [0.717, 1.165) is 5.56 Å². The molecule has 2 rings (SSSR count). The van der Waals surface area contributed by atoms with Crippen molar-refractivity contribution >= 4 is 12.1 Å². The van der Waals surface area contributed by atoms with Gasteiger partial charge in [-0.25, -0.2) is 9.59 Å². The number of hydrogen-bond donors (Lipinski definition) is 0. The van der Waals surface area contributed by atoms with Crippen LogP contribution in [0.1, 0.15) is 5.56 Å². The normalized spacial score (nSPS) is 18.3. The van der Waals surface area contributed by atoms with Crippen LogP contribution in [-0.2, 0) is 20.9 Å². The van der Waals surface area contributed by atoms with Gasteiger partial charge >= 0.3 is 12.1 Å². The number of esters is 1. The van der Waals surface area contributed by atoms with E-state index in [1.165, 1.54) is 11.0 Å². The Balaban J connectivity index is 1.92. The fourth-order valence-corrected chi connectivity index (χ4v) is 1.62. The van der Waals surface area contributed by atoms with Crippen LogP contribution in [0.2, 0.25) is 0 Å². The Hall–Kier alpha value is -2.30. The first-order valence-corrected chi connectivity index (χ1v) is 5.49. The molecule has 1 aromatic rings. The summed E-state index contributed by atoms with van der Waals surface area (Å²) in [4.78, 5) is 24.2. The Bertz CT molecular complexity index is 457. The lowest BCUT2D eigenvalue weighted by Crippen LogP contribution is -2.37. The Morgan fingerprint density at radius 3 is 2.89 bits per heavy atom. The summed E-state index contributed by atoms with van der Waals surface area (Å²) in [6.45, 7) is 3.56. The zero-order valence-corrected chi connectivity index (χ0v) is 9.74. The summed E-state index contributed by atoms with van der Waals surface area (Å²) in [6.07, 6.45) is 0.772. The van der Waals surface area contributed by atoms with Gasteiger partial charge in [0.05, 0.1) is 0 Å². The number of ether oxygens (including phenoxy) is 2. The fourth-order valence-electron chi connectivity index (χ4n) is 1.62. The molecule has 1 unspecified atom stereocenters. The topological polar surface area (TPSA) is 55.8 Å². The van der Waals surface area contributed by atoms with Gasteiger partial charge < -0.3 is 9.47 Å². The third-order valence-electron chi connectivity index (χ3n) is 2.59. The third-order valence-corrected chi connectivity index (χ3v) is 2.59. The lowest BCUT2D eigenvalue weighted by molar-refractivity contribution is -0.138. The van der Waals surface area contributed by atoms with Crippen LogP contribution in [0.15, 0.2) is 43.0 Å². The van der Waals surface area contributed by atoms with Gasteiger partial charge in [-0.2, -0.15) is 0 Å². The maximum absolute atomic E-state index is 11.8. The molecule has 1 amide bonds. The van der Waals surface area contributed by atoms with Crippen LogP contribution in [-0.4, -0.2) is 29.7 Å². The highest BCUT2D eigenvalue weighted by Crippen LogP contribution is 2.14. The number of carbonyl (C=O) groups is 2. The molecule has 1 aliphatic rings. The predicted octanol–water partition coefficient (Wildman–Crippen LogP) is 1.69. The fraction of sp³-hybridized carbons (Fsp3) is 0.231. The zero-order valence-electron chi connectivity index (χ0n) is 9.74. The Morgan fingerprint density at radius 2 is 2.22 bits per heavy atom. The number of hydrogen-bond acceptors (Lipinski definition) is 4. The van der Waals surface area contributed by atoms with Crippen LogP contribution in [0.3, 0.4) is 0 Å². The zero-order chi connectivity index (χ0) is 13.0. The van der Waals surface area contributed by atoms with Crippen molar-refractivity contribution in [3.8, 4) is 0 Å². The summed E-state index contributed by atoms with van der Waals surface area (Å²) in [5.41, 5.74) is 0.882. The van der Waals surface area contributed by atoms with Crippen LogP contribution in [0.25, 0.3) is 0 Å². The van der Waals surface area contributed by atoms with Gasteiger partial charge in [0.15, 0.2) is 12.8 Å². The van der Waals surface area contributed by atoms with E-state index in [-0.39, 0.29) is 13.3 Å². The second-order valence-electron chi connectivity index (χ2n) is 3.78. The van der Waals surface area contributed by atoms with E-state index in [4.69, 9.17) is 9.47 Å². The molecule has 0 saturated carbocycles. The molecule has 0 bridgehead atoms. The third kappa shape index (κ3) is 2.51. The minimum absolute atomic E-state index is 0.0941. The average molecular weight is 247 g/mol. The van der Waals surface area contributed by atoms with Gasteiger partial charge in [-0.05, 0) is 5.56 Å². The first kappa shape index (κ1) is 12.2. The van der Waals surface area contributed by atoms with Crippen molar-refractivity contribution in [3.05, 3.63) is 48.6 Å². The summed E-state index contributed by atoms with van der Waals surface area (Å²) >= 11 is 0. The number of rotatable bonds is 3. The molecule has 18 heavy (non-hydrogen) atoms. The van der Waals surface area contributed by atoms with Gasteiger partial charge in [-0.15, -0.1) is 6.58 Å². The van der Waals surface area contributed by atoms with E-state index >= 15 is 0 Å². The number of carbonyl (C=O) groups excluding carboxylic acids is 2. The molecule has 0 spiro atoms. The predicted molar refractivity (Wildman–Crippen MR) is 63.4 cm³/mol. The molecular formula is C13H13NO4. The molecule has 0 radical (unpaired) electrons. The minimum Gasteiger partial charge on any atom is -0.444 e. The molecule has 1 aliphatic heterocycles. The van der Waals surface area contributed by atoms with Crippen molar-refractivity contribution in [1.82, 2.24) is 4.90 Å². The van der Waals surface area contributed by atoms with Crippen molar-refractivity contribution in [1.29, 1.82) is 0 Å². The SMILES string of the molecule is C=CC1C(=O)OCN1C(=O)OCc1ccccc1. The standard InChI is InChI=1S/C13H13NO4/c1-2-11-12(15)18-9-14(11)13(16)17-8-10-6-4-3-5-7-10/h2-7,11H,1,8-9H2. The second kappa shape index (κ2) is 5.35. The van der Waals surface area contributed by atoms with Crippen molar-refractivity contribution in [3.63, 3.8) is 0 Å². The van der Waals surface area contributed by atoms with Gasteiger partial charge in [0.2, 0.25) is 0 Å². The van der Waals surface area contributed by atoms with Crippen LogP contribution < -0.4 is 0 Å². The second-order valence-corrected chi connectivity index (χ2v) is 3.78. The van der Waals surface area contributed by atoms with E-state index in [9.17, 15) is 9.59 Å². The maximum atomic E-state index is 11.8. The Labute approximate surface area is 105 Å². The van der Waals surface area contributed by atoms with Gasteiger partial charge in [-0.1, -0.05) is 36.4 Å². The lowest BCUT2D eigenvalue weighted by Gasteiger charge is -2.16. The van der Waals surface area contributed by atoms with Crippen LogP contribution in [0, 0.1) is 0 Å². The lowest BCUT2D eigenvalue weighted by atomic mass is 10.2. The first-order chi connectivity index (χ1) is 8.72. The number of cyclic esters (lactones) is 1. The molecule has 0 aliphatic carbocycles. The average Bonchev–Trinajstić information content (AvgIpc) is 2.78. The highest BCUT2D eigenvalue weighted by Gasteiger charge is 2.36. The number of benzene rings is 1. The summed E-state index contributed by atoms with van der Waals surface area (Å²) in [5, 5.41) is 0. The quantitative estimate of drug-likeness (QED) is 0.602. The summed E-state index contributed by atoms with van der Waals surface area (Å²) in [5.74, 6) is -0.485. The molecule has 5 heteroatoms. The molecule has 0 aromatic heterocycles. The van der Waals surface area contributed by atoms with Crippen LogP contribution >= 0.6 is 0 Å². The Morgan fingerprint density at radius 1 is 1.50 bits per heavy atom. The van der Waals surface area contributed by atoms with Crippen molar-refractivity contribution in [2.24, 2.45) is 0 Å². The van der Waals surface area contributed by atoms with Gasteiger partial charge in [-0.3, -0.25) is 4.90 Å². The van der Waals surface area contributed by atoms with E-state index < -0.39 is 18.1 Å². The molecule has 1 fully saturated rings. The monoisotopic (exact) mass is 247 g/mol. The van der Waals surface area contributed by atoms with E-state index in [2.05, 4.69) is 6.58 Å². The minimum atomic E-state index is -0.756. The number of nitrogens with zero attached hydrogens (tertiary/aromatic N) is 1. The van der Waals surface area contributed by atoms with E-state index in [1.54, 1.807) is 0 Å². The molecule has 1 aromatic carbocycles. The van der Waals surface area contributed by atoms with Crippen LogP contribution in [0.5, 0.6) is 0 Å². The van der Waals surface area contributed by atoms with Crippen molar-refractivity contribution < 1.29 is 19.1 Å². The smallest absolute Gasteiger partial charge is 0.413 e. The molecule has 5 nitrogen and oxygen atoms in total. The summed E-state index contributed by atoms with van der Waals surface area (Å²) < 4.78 is 9.86. The molecule has 1 saturated heterocycles.